The first-order valence-corrected chi connectivity index (χ1v) is 18.8. The van der Waals surface area contributed by atoms with Gasteiger partial charge in [0.15, 0.2) is 11.5 Å². The number of imide groups is 2. The van der Waals surface area contributed by atoms with Crippen LogP contribution in [-0.4, -0.2) is 104 Å². The number of aromatic nitrogens is 2. The topological polar surface area (TPSA) is 180 Å². The van der Waals surface area contributed by atoms with Gasteiger partial charge in [0.1, 0.15) is 24.3 Å². The molecule has 3 N–H and O–H groups in total. The van der Waals surface area contributed by atoms with Gasteiger partial charge < -0.3 is 34.3 Å². The highest BCUT2D eigenvalue weighted by Crippen LogP contribution is 2.36. The average Bonchev–Trinajstić information content (AvgIpc) is 3.42. The van der Waals surface area contributed by atoms with Crippen molar-refractivity contribution in [2.75, 3.05) is 70.5 Å². The predicted molar refractivity (Wildman–Crippen MR) is 207 cm³/mol. The Bertz CT molecular complexity index is 2060. The van der Waals surface area contributed by atoms with Gasteiger partial charge in [0.2, 0.25) is 11.8 Å². The molecule has 1 unspecified atom stereocenters. The van der Waals surface area contributed by atoms with Crippen molar-refractivity contribution in [1.82, 2.24) is 20.2 Å². The fourth-order valence-electron chi connectivity index (χ4n) is 6.37. The smallest absolute Gasteiger partial charge is 0.264 e. The maximum atomic E-state index is 13.2. The van der Waals surface area contributed by atoms with Crippen molar-refractivity contribution in [2.24, 2.45) is 0 Å². The number of halogens is 1. The summed E-state index contributed by atoms with van der Waals surface area (Å²) < 4.78 is 29.6. The number of hydrogen-bond donors (Lipinski definition) is 3. The van der Waals surface area contributed by atoms with E-state index in [9.17, 15) is 19.2 Å². The number of aryl methyl sites for hydroxylation is 1. The van der Waals surface area contributed by atoms with Gasteiger partial charge in [-0.1, -0.05) is 34.1 Å². The number of rotatable bonds is 19. The van der Waals surface area contributed by atoms with E-state index >= 15 is 0 Å². The number of amides is 4. The van der Waals surface area contributed by atoms with Crippen LogP contribution in [0.15, 0.2) is 59.1 Å². The molecule has 0 bridgehead atoms. The van der Waals surface area contributed by atoms with Crippen molar-refractivity contribution < 1.29 is 42.9 Å². The zero-order valence-electron chi connectivity index (χ0n) is 30.8. The van der Waals surface area contributed by atoms with E-state index in [-0.39, 0.29) is 30.0 Å². The van der Waals surface area contributed by atoms with Crippen LogP contribution in [0.1, 0.15) is 57.9 Å². The van der Waals surface area contributed by atoms with Gasteiger partial charge in [-0.05, 0) is 56.2 Å². The van der Waals surface area contributed by atoms with Crippen molar-refractivity contribution in [3.63, 3.8) is 0 Å². The minimum atomic E-state index is -1.02. The van der Waals surface area contributed by atoms with Gasteiger partial charge in [-0.3, -0.25) is 29.4 Å². The lowest BCUT2D eigenvalue weighted by atomic mass is 10.0. The molecule has 16 heteroatoms. The Morgan fingerprint density at radius 1 is 0.891 bits per heavy atom. The molecule has 0 radical (unpaired) electrons. The van der Waals surface area contributed by atoms with E-state index in [1.807, 2.05) is 31.2 Å². The van der Waals surface area contributed by atoms with Crippen LogP contribution in [-0.2, 0) is 23.8 Å². The van der Waals surface area contributed by atoms with Crippen LogP contribution in [0.25, 0.3) is 10.9 Å². The number of ether oxygens (including phenoxy) is 5. The zero-order chi connectivity index (χ0) is 38.9. The summed E-state index contributed by atoms with van der Waals surface area (Å²) in [7, 11) is 1.59. The fraction of sp³-hybridized carbons (Fsp3) is 0.385. The zero-order valence-corrected chi connectivity index (χ0v) is 32.4. The van der Waals surface area contributed by atoms with E-state index in [0.29, 0.717) is 81.6 Å². The number of anilines is 2. The third-order valence-corrected chi connectivity index (χ3v) is 9.55. The van der Waals surface area contributed by atoms with Crippen LogP contribution in [0.4, 0.5) is 11.5 Å². The van der Waals surface area contributed by atoms with Crippen molar-refractivity contribution in [3.8, 4) is 11.5 Å². The molecule has 1 aromatic heterocycles. The molecule has 290 valence electrons. The largest absolute Gasteiger partial charge is 0.493 e. The normalized spacial score (nSPS) is 15.9. The lowest BCUT2D eigenvalue weighted by Gasteiger charge is -2.27. The summed E-state index contributed by atoms with van der Waals surface area (Å²) in [6, 6.07) is 15.8. The molecule has 15 nitrogen and oxygen atoms in total. The summed E-state index contributed by atoms with van der Waals surface area (Å²) in [5.74, 6) is 0.267. The third-order valence-electron chi connectivity index (χ3n) is 9.05. The number of benzene rings is 3. The van der Waals surface area contributed by atoms with Gasteiger partial charge in [-0.25, -0.2) is 9.97 Å². The maximum absolute atomic E-state index is 13.2. The van der Waals surface area contributed by atoms with Crippen LogP contribution < -0.4 is 25.4 Å². The summed E-state index contributed by atoms with van der Waals surface area (Å²) in [5, 5.41) is 9.68. The van der Waals surface area contributed by atoms with Gasteiger partial charge in [-0.2, -0.15) is 0 Å². The van der Waals surface area contributed by atoms with Gasteiger partial charge >= 0.3 is 0 Å². The SMILES string of the molecule is COc1cc2c(N[C@H](C)c3cccc(Br)c3)nc(C)nc2cc1OCCOCCOCCOCCNc1cccc2c1C(=O)N(C1CCC(=O)NC1=O)C2=O. The van der Waals surface area contributed by atoms with Crippen LogP contribution in [0, 0.1) is 6.92 Å². The first-order valence-electron chi connectivity index (χ1n) is 18.0. The standard InChI is InChI=1S/C39H43BrN6O9/c1-23(25-6-4-7-26(40)20-25)42-36-28-21-32(51-3)33(22-30(28)43-24(2)44-36)55-19-18-54-17-16-53-15-14-52-13-12-41-29-9-5-8-27-35(29)39(50)46(38(27)49)31-10-11-34(47)45-37(31)48/h4-9,20-23,31,41H,10-19H2,1-3H3,(H,42,43,44)(H,45,47,48)/t23-,31?/m1/s1. The van der Waals surface area contributed by atoms with Crippen LogP contribution in [0.3, 0.4) is 0 Å². The number of nitrogens with one attached hydrogen (secondary N) is 3. The minimum Gasteiger partial charge on any atom is -0.493 e. The summed E-state index contributed by atoms with van der Waals surface area (Å²) >= 11 is 3.54. The molecular formula is C39H43BrN6O9. The Labute approximate surface area is 326 Å². The molecule has 4 aromatic rings. The van der Waals surface area contributed by atoms with E-state index in [4.69, 9.17) is 23.7 Å². The Morgan fingerprint density at radius 2 is 1.62 bits per heavy atom. The van der Waals surface area contributed by atoms with E-state index in [1.165, 1.54) is 0 Å². The summed E-state index contributed by atoms with van der Waals surface area (Å²) in [6.07, 6.45) is 0.160. The van der Waals surface area contributed by atoms with Gasteiger partial charge in [0.05, 0.1) is 69.4 Å². The first kappa shape index (κ1) is 39.5. The van der Waals surface area contributed by atoms with E-state index in [2.05, 4.69) is 60.9 Å². The molecule has 3 aromatic carbocycles. The number of methoxy groups -OCH3 is 1. The lowest BCUT2D eigenvalue weighted by molar-refractivity contribution is -0.136. The molecule has 1 saturated heterocycles. The fourth-order valence-corrected chi connectivity index (χ4v) is 6.79. The maximum Gasteiger partial charge on any atom is 0.264 e. The first-order chi connectivity index (χ1) is 26.6. The highest BCUT2D eigenvalue weighted by molar-refractivity contribution is 9.10. The molecule has 1 fully saturated rings. The van der Waals surface area contributed by atoms with Gasteiger partial charge in [0.25, 0.3) is 11.8 Å². The quantitative estimate of drug-likeness (QED) is 0.0867. The molecule has 4 amide bonds. The molecule has 2 aliphatic rings. The second kappa shape index (κ2) is 18.4. The number of piperidine rings is 1. The second-order valence-corrected chi connectivity index (χ2v) is 13.8. The third kappa shape index (κ3) is 9.57. The highest BCUT2D eigenvalue weighted by atomic mass is 79.9. The summed E-state index contributed by atoms with van der Waals surface area (Å²) in [4.78, 5) is 60.4. The predicted octanol–water partition coefficient (Wildman–Crippen LogP) is 4.82. The molecule has 3 heterocycles. The van der Waals surface area contributed by atoms with Gasteiger partial charge in [0, 0.05) is 34.6 Å². The molecule has 2 atom stereocenters. The molecule has 0 spiro atoms. The number of carbonyl (C=O) groups excluding carboxylic acids is 4. The number of nitrogens with zero attached hydrogens (tertiary/aromatic N) is 3. The Balaban J connectivity index is 0.869. The highest BCUT2D eigenvalue weighted by Gasteiger charge is 2.45. The second-order valence-electron chi connectivity index (χ2n) is 12.8. The Kier molecular flexibility index (Phi) is 13.3. The monoisotopic (exact) mass is 818 g/mol. The number of fused-ring (bicyclic) bond motifs is 2. The molecule has 0 saturated carbocycles. The Morgan fingerprint density at radius 3 is 2.35 bits per heavy atom. The molecule has 6 rings (SSSR count). The minimum absolute atomic E-state index is 0.00218. The van der Waals surface area contributed by atoms with E-state index < -0.39 is 29.7 Å². The molecule has 2 aliphatic heterocycles. The van der Waals surface area contributed by atoms with Crippen LogP contribution in [0.2, 0.25) is 0 Å². The average molecular weight is 820 g/mol. The summed E-state index contributed by atoms with van der Waals surface area (Å²) in [6.45, 7) is 6.74. The van der Waals surface area contributed by atoms with Gasteiger partial charge in [-0.15, -0.1) is 0 Å². The van der Waals surface area contributed by atoms with Crippen LogP contribution >= 0.6 is 15.9 Å². The number of hydrogen-bond acceptors (Lipinski definition) is 13. The summed E-state index contributed by atoms with van der Waals surface area (Å²) in [5.41, 5.74) is 2.74. The van der Waals surface area contributed by atoms with Crippen molar-refractivity contribution >= 4 is 62.0 Å². The van der Waals surface area contributed by atoms with Crippen molar-refractivity contribution in [3.05, 3.63) is 81.6 Å². The molecular weight excluding hydrogens is 776 g/mol. The molecule has 0 aliphatic carbocycles. The van der Waals surface area contributed by atoms with Crippen LogP contribution in [0.5, 0.6) is 11.5 Å². The molecule has 55 heavy (non-hydrogen) atoms. The van der Waals surface area contributed by atoms with Crippen molar-refractivity contribution in [2.45, 2.75) is 38.8 Å². The van der Waals surface area contributed by atoms with Crippen molar-refractivity contribution in [1.29, 1.82) is 0 Å². The van der Waals surface area contributed by atoms with E-state index in [1.54, 1.807) is 25.3 Å². The Hall–Kier alpha value is -5.16. The number of carbonyl (C=O) groups is 4. The van der Waals surface area contributed by atoms with E-state index in [0.717, 1.165) is 25.8 Å². The lowest BCUT2D eigenvalue weighted by Crippen LogP contribution is -2.54.